The molecular formula is C21H19ClF3N5O. The summed E-state index contributed by atoms with van der Waals surface area (Å²) < 4.78 is 39.9. The molecule has 0 aliphatic heterocycles. The highest BCUT2D eigenvalue weighted by atomic mass is 35.5. The Morgan fingerprint density at radius 1 is 1.26 bits per heavy atom. The smallest absolute Gasteiger partial charge is 0.327 e. The van der Waals surface area contributed by atoms with Crippen LogP contribution in [0.25, 0.3) is 5.78 Å². The molecular weight excluding hydrogens is 431 g/mol. The van der Waals surface area contributed by atoms with Gasteiger partial charge in [-0.1, -0.05) is 35.7 Å². The predicted octanol–water partition coefficient (Wildman–Crippen LogP) is 4.01. The van der Waals surface area contributed by atoms with Gasteiger partial charge in [-0.3, -0.25) is 4.79 Å². The Kier molecular flexibility index (Phi) is 6.51. The van der Waals surface area contributed by atoms with E-state index < -0.39 is 12.0 Å². The zero-order valence-electron chi connectivity index (χ0n) is 16.9. The topological polar surface area (TPSA) is 63.4 Å². The molecule has 31 heavy (non-hydrogen) atoms. The van der Waals surface area contributed by atoms with Crippen molar-refractivity contribution in [3.8, 4) is 12.3 Å². The summed E-state index contributed by atoms with van der Waals surface area (Å²) >= 11 is 6.18. The molecule has 0 spiro atoms. The number of rotatable bonds is 6. The Balaban J connectivity index is 1.81. The molecule has 162 valence electrons. The first-order valence-electron chi connectivity index (χ1n) is 9.36. The minimum absolute atomic E-state index is 0.0990. The molecule has 0 N–H and O–H groups in total. The number of terminal acetylenes is 1. The van der Waals surface area contributed by atoms with Crippen molar-refractivity contribution in [2.24, 2.45) is 0 Å². The van der Waals surface area contributed by atoms with E-state index in [1.807, 2.05) is 12.1 Å². The van der Waals surface area contributed by atoms with E-state index in [9.17, 15) is 18.0 Å². The van der Waals surface area contributed by atoms with Crippen molar-refractivity contribution in [3.05, 3.63) is 57.6 Å². The molecule has 0 saturated heterocycles. The predicted molar refractivity (Wildman–Crippen MR) is 109 cm³/mol. The lowest BCUT2D eigenvalue weighted by Gasteiger charge is -2.21. The standard InChI is InChI=1S/C21H19ClF3N5O/c1-4-11-29(12-15-7-5-6-8-17(15)22)18(31)10-9-16-13(2)26-20-27-19(21(23,24)25)28-30(20)14(16)3/h1,5-8H,9-12H2,2-3H3. The molecule has 3 aromatic rings. The first kappa shape index (κ1) is 22.6. The molecule has 0 fully saturated rings. The molecule has 1 amide bonds. The summed E-state index contributed by atoms with van der Waals surface area (Å²) in [7, 11) is 0. The van der Waals surface area contributed by atoms with Gasteiger partial charge in [0.1, 0.15) is 0 Å². The lowest BCUT2D eigenvalue weighted by Crippen LogP contribution is -2.31. The van der Waals surface area contributed by atoms with E-state index in [-0.39, 0.29) is 37.6 Å². The lowest BCUT2D eigenvalue weighted by atomic mass is 10.1. The second-order valence-electron chi connectivity index (χ2n) is 6.95. The molecule has 0 aliphatic rings. The van der Waals surface area contributed by atoms with Gasteiger partial charge in [0.05, 0.1) is 6.54 Å². The Morgan fingerprint density at radius 2 is 1.97 bits per heavy atom. The van der Waals surface area contributed by atoms with E-state index in [0.717, 1.165) is 10.1 Å². The fourth-order valence-corrected chi connectivity index (χ4v) is 3.45. The zero-order chi connectivity index (χ0) is 22.8. The van der Waals surface area contributed by atoms with Crippen molar-refractivity contribution < 1.29 is 18.0 Å². The van der Waals surface area contributed by atoms with Crippen molar-refractivity contribution in [2.75, 3.05) is 6.54 Å². The van der Waals surface area contributed by atoms with Crippen molar-refractivity contribution in [1.82, 2.24) is 24.5 Å². The molecule has 2 aromatic heterocycles. The number of hydrogen-bond donors (Lipinski definition) is 0. The largest absolute Gasteiger partial charge is 0.453 e. The quantitative estimate of drug-likeness (QED) is 0.533. The lowest BCUT2D eigenvalue weighted by molar-refractivity contribution is -0.144. The van der Waals surface area contributed by atoms with Crippen LogP contribution in [0.15, 0.2) is 24.3 Å². The van der Waals surface area contributed by atoms with E-state index in [1.165, 1.54) is 4.90 Å². The van der Waals surface area contributed by atoms with Gasteiger partial charge in [-0.25, -0.2) is 9.50 Å². The van der Waals surface area contributed by atoms with Crippen molar-refractivity contribution >= 4 is 23.3 Å². The van der Waals surface area contributed by atoms with Gasteiger partial charge >= 0.3 is 6.18 Å². The molecule has 0 bridgehead atoms. The van der Waals surface area contributed by atoms with E-state index in [2.05, 4.69) is 21.0 Å². The van der Waals surface area contributed by atoms with Gasteiger partial charge in [-0.15, -0.1) is 11.5 Å². The summed E-state index contributed by atoms with van der Waals surface area (Å²) in [6, 6.07) is 7.16. The highest BCUT2D eigenvalue weighted by Gasteiger charge is 2.37. The van der Waals surface area contributed by atoms with Crippen LogP contribution in [0, 0.1) is 26.2 Å². The molecule has 3 rings (SSSR count). The van der Waals surface area contributed by atoms with Crippen molar-refractivity contribution in [2.45, 2.75) is 39.4 Å². The molecule has 2 heterocycles. The number of carbonyl (C=O) groups is 1. The SMILES string of the molecule is C#CCN(Cc1ccccc1Cl)C(=O)CCc1c(C)nc2nc(C(F)(F)F)nn2c1C. The van der Waals surface area contributed by atoms with Gasteiger partial charge in [-0.05, 0) is 37.5 Å². The van der Waals surface area contributed by atoms with Crippen LogP contribution in [-0.2, 0) is 23.9 Å². The summed E-state index contributed by atoms with van der Waals surface area (Å²) in [5.74, 6) is 0.880. The van der Waals surface area contributed by atoms with Crippen LogP contribution in [0.4, 0.5) is 13.2 Å². The fraction of sp³-hybridized carbons (Fsp3) is 0.333. The minimum Gasteiger partial charge on any atom is -0.327 e. The number of nitrogens with zero attached hydrogens (tertiary/aromatic N) is 5. The Labute approximate surface area is 182 Å². The van der Waals surface area contributed by atoms with Crippen LogP contribution in [0.2, 0.25) is 5.02 Å². The number of alkyl halides is 3. The minimum atomic E-state index is -4.67. The number of halogens is 4. The fourth-order valence-electron chi connectivity index (χ4n) is 3.25. The Morgan fingerprint density at radius 3 is 2.61 bits per heavy atom. The first-order valence-corrected chi connectivity index (χ1v) is 9.74. The first-order chi connectivity index (χ1) is 14.6. The maximum absolute atomic E-state index is 12.9. The summed E-state index contributed by atoms with van der Waals surface area (Å²) in [5.41, 5.74) is 2.35. The maximum atomic E-state index is 12.9. The van der Waals surface area contributed by atoms with E-state index >= 15 is 0 Å². The van der Waals surface area contributed by atoms with Gasteiger partial charge in [0.25, 0.3) is 11.6 Å². The van der Waals surface area contributed by atoms with Gasteiger partial charge < -0.3 is 4.90 Å². The zero-order valence-corrected chi connectivity index (χ0v) is 17.6. The van der Waals surface area contributed by atoms with Crippen LogP contribution in [-0.4, -0.2) is 36.9 Å². The third-order valence-corrected chi connectivity index (χ3v) is 5.21. The number of benzene rings is 1. The second kappa shape index (κ2) is 8.94. The molecule has 0 saturated carbocycles. The van der Waals surface area contributed by atoms with Gasteiger partial charge in [0, 0.05) is 29.4 Å². The Bertz CT molecular complexity index is 1170. The van der Waals surface area contributed by atoms with Crippen LogP contribution in [0.3, 0.4) is 0 Å². The summed E-state index contributed by atoms with van der Waals surface area (Å²) in [6.07, 6.45) is 1.12. The van der Waals surface area contributed by atoms with Crippen LogP contribution in [0.5, 0.6) is 0 Å². The van der Waals surface area contributed by atoms with Crippen LogP contribution < -0.4 is 0 Å². The Hall–Kier alpha value is -3.12. The van der Waals surface area contributed by atoms with E-state index in [4.69, 9.17) is 18.0 Å². The third kappa shape index (κ3) is 4.97. The van der Waals surface area contributed by atoms with Crippen molar-refractivity contribution in [3.63, 3.8) is 0 Å². The maximum Gasteiger partial charge on any atom is 0.453 e. The normalized spacial score (nSPS) is 11.5. The molecule has 0 unspecified atom stereocenters. The molecule has 0 radical (unpaired) electrons. The molecule has 1 aromatic carbocycles. The molecule has 10 heteroatoms. The number of amides is 1. The van der Waals surface area contributed by atoms with Gasteiger partial charge in [0.2, 0.25) is 5.91 Å². The molecule has 0 aliphatic carbocycles. The summed E-state index contributed by atoms with van der Waals surface area (Å²) in [5, 5.41) is 4.06. The summed E-state index contributed by atoms with van der Waals surface area (Å²) in [4.78, 5) is 21.9. The number of hydrogen-bond acceptors (Lipinski definition) is 4. The summed E-state index contributed by atoms with van der Waals surface area (Å²) in [6.45, 7) is 3.66. The number of fused-ring (bicyclic) bond motifs is 1. The van der Waals surface area contributed by atoms with Crippen LogP contribution in [0.1, 0.15) is 34.8 Å². The third-order valence-electron chi connectivity index (χ3n) is 4.85. The number of aromatic nitrogens is 4. The monoisotopic (exact) mass is 449 g/mol. The van der Waals surface area contributed by atoms with E-state index in [1.54, 1.807) is 26.0 Å². The molecule has 6 nitrogen and oxygen atoms in total. The second-order valence-corrected chi connectivity index (χ2v) is 7.36. The van der Waals surface area contributed by atoms with Gasteiger partial charge in [0.15, 0.2) is 0 Å². The van der Waals surface area contributed by atoms with Crippen molar-refractivity contribution in [1.29, 1.82) is 0 Å². The average molecular weight is 450 g/mol. The number of aryl methyl sites for hydroxylation is 2. The van der Waals surface area contributed by atoms with Gasteiger partial charge in [-0.2, -0.15) is 18.2 Å². The van der Waals surface area contributed by atoms with Crippen LogP contribution >= 0.6 is 11.6 Å². The van der Waals surface area contributed by atoms with E-state index in [0.29, 0.717) is 22.0 Å². The highest BCUT2D eigenvalue weighted by Crippen LogP contribution is 2.27. The highest BCUT2D eigenvalue weighted by molar-refractivity contribution is 6.31. The number of carbonyl (C=O) groups excluding carboxylic acids is 1. The average Bonchev–Trinajstić information content (AvgIpc) is 3.13. The molecule has 0 atom stereocenters.